The highest BCUT2D eigenvalue weighted by Crippen LogP contribution is 2.38. The van der Waals surface area contributed by atoms with Gasteiger partial charge >= 0.3 is 5.69 Å². The second-order valence-electron chi connectivity index (χ2n) is 3.86. The van der Waals surface area contributed by atoms with Gasteiger partial charge < -0.3 is 15.6 Å². The van der Waals surface area contributed by atoms with Crippen molar-refractivity contribution in [2.24, 2.45) is 5.73 Å². The molecule has 0 atom stereocenters. The number of hydrogen-bond acceptors (Lipinski definition) is 5. The lowest BCUT2D eigenvalue weighted by atomic mass is 9.91. The van der Waals surface area contributed by atoms with Crippen LogP contribution < -0.4 is 10.5 Å². The third kappa shape index (κ3) is 3.21. The van der Waals surface area contributed by atoms with E-state index in [1.807, 2.05) is 0 Å². The molecule has 1 amide bonds. The lowest BCUT2D eigenvalue weighted by Gasteiger charge is -2.22. The Balaban J connectivity index is 3.56. The predicted molar refractivity (Wildman–Crippen MR) is 63.2 cm³/mol. The molecular weight excluding hydrogens is 297 g/mol. The van der Waals surface area contributed by atoms with E-state index in [4.69, 9.17) is 10.8 Å². The second kappa shape index (κ2) is 5.95. The Morgan fingerprint density at radius 1 is 1.52 bits per heavy atom. The Bertz CT molecular complexity index is 579. The zero-order chi connectivity index (χ0) is 16.4. The molecule has 0 saturated carbocycles. The maximum Gasteiger partial charge on any atom is 0.311 e. The predicted octanol–water partition coefficient (Wildman–Crippen LogP) is 0.778. The van der Waals surface area contributed by atoms with Gasteiger partial charge in [-0.1, -0.05) is 0 Å². The summed E-state index contributed by atoms with van der Waals surface area (Å²) in [5, 5.41) is 19.4. The Morgan fingerprint density at radius 2 is 2.10 bits per heavy atom. The molecule has 1 radical (unpaired) electrons. The molecule has 115 valence electrons. The Kier molecular flexibility index (Phi) is 4.73. The minimum atomic E-state index is -4.16. The van der Waals surface area contributed by atoms with Crippen molar-refractivity contribution >= 4 is 11.6 Å². The Morgan fingerprint density at radius 3 is 2.48 bits per heavy atom. The largest absolute Gasteiger partial charge is 0.490 e. The summed E-state index contributed by atoms with van der Waals surface area (Å²) in [6, 6.07) is 0.877. The Labute approximate surface area is 116 Å². The molecule has 0 bridgehead atoms. The van der Waals surface area contributed by atoms with Crippen LogP contribution in [0.25, 0.3) is 0 Å². The standard InChI is InChI=1S/C11H10F3N2O5/c1-21-8-3-6(12)5(2-7(8)16(19)20)9(10(15)18)11(13,14)4-17/h2-3,17H,4H2,1H3,(H2,15,18). The zero-order valence-electron chi connectivity index (χ0n) is 10.6. The van der Waals surface area contributed by atoms with Gasteiger partial charge in [0.25, 0.3) is 5.92 Å². The topological polar surface area (TPSA) is 116 Å². The van der Waals surface area contributed by atoms with Gasteiger partial charge in [0.15, 0.2) is 11.7 Å². The van der Waals surface area contributed by atoms with E-state index in [1.54, 1.807) is 0 Å². The summed E-state index contributed by atoms with van der Waals surface area (Å²) < 4.78 is 45.3. The summed E-state index contributed by atoms with van der Waals surface area (Å²) in [5.74, 6) is -9.33. The van der Waals surface area contributed by atoms with Gasteiger partial charge in [-0.2, -0.15) is 0 Å². The van der Waals surface area contributed by atoms with Crippen molar-refractivity contribution in [3.8, 4) is 5.75 Å². The number of aliphatic hydroxyl groups is 1. The number of carbonyl (C=O) groups excluding carboxylic acids is 1. The van der Waals surface area contributed by atoms with Crippen molar-refractivity contribution in [1.29, 1.82) is 0 Å². The highest BCUT2D eigenvalue weighted by molar-refractivity contribution is 5.95. The Hall–Kier alpha value is -2.36. The average molecular weight is 307 g/mol. The number of nitrogens with two attached hydrogens (primary N) is 1. The maximum atomic E-state index is 13.8. The monoisotopic (exact) mass is 307 g/mol. The molecule has 10 heteroatoms. The fourth-order valence-corrected chi connectivity index (χ4v) is 1.63. The first-order chi connectivity index (χ1) is 9.65. The number of nitrogens with zero attached hydrogens (tertiary/aromatic N) is 1. The van der Waals surface area contributed by atoms with Crippen LogP contribution in [0.2, 0.25) is 0 Å². The second-order valence-corrected chi connectivity index (χ2v) is 3.86. The van der Waals surface area contributed by atoms with Gasteiger partial charge in [0.05, 0.1) is 12.0 Å². The van der Waals surface area contributed by atoms with Crippen LogP contribution in [-0.4, -0.2) is 35.6 Å². The van der Waals surface area contributed by atoms with Crippen molar-refractivity contribution in [3.63, 3.8) is 0 Å². The summed E-state index contributed by atoms with van der Waals surface area (Å²) in [6.07, 6.45) is 0. The van der Waals surface area contributed by atoms with Crippen LogP contribution in [0, 0.1) is 21.8 Å². The SMILES string of the molecule is COc1cc(F)c([C](C(N)=O)C(F)(F)CO)cc1[N+](=O)[O-]. The minimum Gasteiger partial charge on any atom is -0.490 e. The normalized spacial score (nSPS) is 11.5. The summed E-state index contributed by atoms with van der Waals surface area (Å²) in [4.78, 5) is 20.9. The molecule has 0 spiro atoms. The van der Waals surface area contributed by atoms with Crippen molar-refractivity contribution in [2.45, 2.75) is 5.92 Å². The molecule has 7 nitrogen and oxygen atoms in total. The number of methoxy groups -OCH3 is 1. The number of rotatable bonds is 6. The zero-order valence-corrected chi connectivity index (χ0v) is 10.6. The number of hydrogen-bond donors (Lipinski definition) is 2. The highest BCUT2D eigenvalue weighted by Gasteiger charge is 2.47. The number of alkyl halides is 2. The average Bonchev–Trinajstić information content (AvgIpc) is 2.39. The number of ether oxygens (including phenoxy) is 1. The summed E-state index contributed by atoms with van der Waals surface area (Å²) in [6.45, 7) is -1.81. The van der Waals surface area contributed by atoms with Crippen molar-refractivity contribution in [2.75, 3.05) is 13.7 Å². The minimum absolute atomic E-state index is 0.401. The van der Waals surface area contributed by atoms with Gasteiger partial charge in [0.1, 0.15) is 12.4 Å². The van der Waals surface area contributed by atoms with E-state index >= 15 is 0 Å². The van der Waals surface area contributed by atoms with Crippen molar-refractivity contribution in [1.82, 2.24) is 0 Å². The van der Waals surface area contributed by atoms with E-state index in [0.29, 0.717) is 12.1 Å². The fourth-order valence-electron chi connectivity index (χ4n) is 1.63. The quantitative estimate of drug-likeness (QED) is 0.595. The third-order valence-electron chi connectivity index (χ3n) is 2.55. The van der Waals surface area contributed by atoms with Crippen LogP contribution in [0.5, 0.6) is 5.75 Å². The lowest BCUT2D eigenvalue weighted by molar-refractivity contribution is -0.385. The number of primary amides is 1. The first kappa shape index (κ1) is 16.7. The van der Waals surface area contributed by atoms with E-state index in [1.165, 1.54) is 0 Å². The molecule has 21 heavy (non-hydrogen) atoms. The van der Waals surface area contributed by atoms with Gasteiger partial charge in [0, 0.05) is 17.7 Å². The van der Waals surface area contributed by atoms with Crippen LogP contribution in [0.3, 0.4) is 0 Å². The van der Waals surface area contributed by atoms with Gasteiger partial charge in [-0.05, 0) is 0 Å². The van der Waals surface area contributed by atoms with Gasteiger partial charge in [-0.15, -0.1) is 0 Å². The summed E-state index contributed by atoms with van der Waals surface area (Å²) in [5.41, 5.74) is 2.85. The highest BCUT2D eigenvalue weighted by atomic mass is 19.3. The molecule has 0 heterocycles. The molecule has 0 unspecified atom stereocenters. The first-order valence-corrected chi connectivity index (χ1v) is 5.34. The molecule has 0 aliphatic heterocycles. The van der Waals surface area contributed by atoms with Crippen LogP contribution in [0.4, 0.5) is 18.9 Å². The lowest BCUT2D eigenvalue weighted by Crippen LogP contribution is -2.40. The molecule has 0 aliphatic carbocycles. The molecule has 1 aromatic rings. The van der Waals surface area contributed by atoms with Crippen LogP contribution in [-0.2, 0) is 4.79 Å². The maximum absolute atomic E-state index is 13.8. The van der Waals surface area contributed by atoms with E-state index in [0.717, 1.165) is 7.11 Å². The first-order valence-electron chi connectivity index (χ1n) is 5.34. The number of carbonyl (C=O) groups is 1. The molecular formula is C11H10F3N2O5. The van der Waals surface area contributed by atoms with Crippen LogP contribution in [0.15, 0.2) is 12.1 Å². The van der Waals surface area contributed by atoms with E-state index in [-0.39, 0.29) is 0 Å². The van der Waals surface area contributed by atoms with Gasteiger partial charge in [-0.25, -0.2) is 13.2 Å². The van der Waals surface area contributed by atoms with Gasteiger partial charge in [-0.3, -0.25) is 14.9 Å². The van der Waals surface area contributed by atoms with E-state index in [2.05, 4.69) is 4.74 Å². The molecule has 0 saturated heterocycles. The molecule has 1 aromatic carbocycles. The van der Waals surface area contributed by atoms with Crippen molar-refractivity contribution < 1.29 is 32.7 Å². The molecule has 1 rings (SSSR count). The molecule has 0 fully saturated rings. The molecule has 0 aliphatic rings. The number of nitro groups is 1. The van der Waals surface area contributed by atoms with Crippen LogP contribution >= 0.6 is 0 Å². The van der Waals surface area contributed by atoms with E-state index < -0.39 is 52.1 Å². The smallest absolute Gasteiger partial charge is 0.311 e. The number of amides is 1. The van der Waals surface area contributed by atoms with Crippen molar-refractivity contribution in [3.05, 3.63) is 39.5 Å². The molecule has 3 N–H and O–H groups in total. The summed E-state index contributed by atoms with van der Waals surface area (Å²) in [7, 11) is 1.02. The molecule has 0 aromatic heterocycles. The fraction of sp³-hybridized carbons (Fsp3) is 0.273. The number of benzene rings is 1. The van der Waals surface area contributed by atoms with E-state index in [9.17, 15) is 28.1 Å². The number of nitro benzene ring substituents is 1. The summed E-state index contributed by atoms with van der Waals surface area (Å²) >= 11 is 0. The van der Waals surface area contributed by atoms with Gasteiger partial charge in [0.2, 0.25) is 5.91 Å². The third-order valence-corrected chi connectivity index (χ3v) is 2.55. The van der Waals surface area contributed by atoms with Crippen LogP contribution in [0.1, 0.15) is 5.56 Å². The number of halogens is 3. The number of aliphatic hydroxyl groups excluding tert-OH is 1.